The highest BCUT2D eigenvalue weighted by atomic mass is 16.2. The lowest BCUT2D eigenvalue weighted by molar-refractivity contribution is -0.128. The summed E-state index contributed by atoms with van der Waals surface area (Å²) in [6, 6.07) is 7.96. The number of carbonyl (C=O) groups excluding carboxylic acids is 2. The van der Waals surface area contributed by atoms with Crippen molar-refractivity contribution >= 4 is 17.5 Å². The molecule has 0 aromatic heterocycles. The van der Waals surface area contributed by atoms with Crippen LogP contribution in [0, 0.1) is 5.92 Å². The molecule has 2 atom stereocenters. The number of hydrogen-bond acceptors (Lipinski definition) is 3. The summed E-state index contributed by atoms with van der Waals surface area (Å²) in [6.07, 6.45) is 2.28. The van der Waals surface area contributed by atoms with Crippen LogP contribution in [-0.2, 0) is 9.59 Å². The maximum Gasteiger partial charge on any atom is 0.229 e. The highest BCUT2D eigenvalue weighted by molar-refractivity contribution is 5.97. The Kier molecular flexibility index (Phi) is 7.00. The lowest BCUT2D eigenvalue weighted by atomic mass is 9.96. The maximum atomic E-state index is 12.7. The van der Waals surface area contributed by atoms with E-state index in [-0.39, 0.29) is 17.7 Å². The first-order chi connectivity index (χ1) is 11.9. The smallest absolute Gasteiger partial charge is 0.229 e. The zero-order valence-corrected chi connectivity index (χ0v) is 15.9. The SMILES string of the molecule is CCC(C)c1ccccc1NC(=O)C1CC(=O)N(CCCN(C)C)C1. The van der Waals surface area contributed by atoms with Gasteiger partial charge >= 0.3 is 0 Å². The number of nitrogens with one attached hydrogen (secondary N) is 1. The number of rotatable bonds is 8. The van der Waals surface area contributed by atoms with E-state index in [0.717, 1.165) is 37.2 Å². The third kappa shape index (κ3) is 5.30. The van der Waals surface area contributed by atoms with E-state index in [1.165, 1.54) is 0 Å². The summed E-state index contributed by atoms with van der Waals surface area (Å²) in [5.74, 6) is 0.189. The van der Waals surface area contributed by atoms with Gasteiger partial charge in [0.05, 0.1) is 5.92 Å². The first-order valence-corrected chi connectivity index (χ1v) is 9.24. The number of amides is 2. The monoisotopic (exact) mass is 345 g/mol. The zero-order chi connectivity index (χ0) is 18.4. The second kappa shape index (κ2) is 8.99. The second-order valence-corrected chi connectivity index (χ2v) is 7.28. The maximum absolute atomic E-state index is 12.7. The second-order valence-electron chi connectivity index (χ2n) is 7.28. The molecule has 1 N–H and O–H groups in total. The van der Waals surface area contributed by atoms with Crippen molar-refractivity contribution in [3.63, 3.8) is 0 Å². The molecule has 0 aliphatic carbocycles. The van der Waals surface area contributed by atoms with Gasteiger partial charge in [-0.1, -0.05) is 32.0 Å². The largest absolute Gasteiger partial charge is 0.342 e. The van der Waals surface area contributed by atoms with E-state index in [1.54, 1.807) is 0 Å². The summed E-state index contributed by atoms with van der Waals surface area (Å²) < 4.78 is 0. The number of nitrogens with zero attached hydrogens (tertiary/aromatic N) is 2. The first kappa shape index (κ1) is 19.4. The molecular weight excluding hydrogens is 314 g/mol. The van der Waals surface area contributed by atoms with Crippen molar-refractivity contribution in [2.45, 2.75) is 39.0 Å². The molecule has 1 heterocycles. The van der Waals surface area contributed by atoms with Gasteiger partial charge < -0.3 is 15.1 Å². The summed E-state index contributed by atoms with van der Waals surface area (Å²) in [5, 5.41) is 3.06. The molecule has 2 rings (SSSR count). The Balaban J connectivity index is 1.95. The van der Waals surface area contributed by atoms with Gasteiger partial charge in [-0.25, -0.2) is 0 Å². The molecule has 1 aliphatic heterocycles. The van der Waals surface area contributed by atoms with Gasteiger partial charge in [-0.2, -0.15) is 0 Å². The third-order valence-electron chi connectivity index (χ3n) is 4.98. The van der Waals surface area contributed by atoms with Crippen LogP contribution in [0.3, 0.4) is 0 Å². The Labute approximate surface area is 151 Å². The van der Waals surface area contributed by atoms with Crippen molar-refractivity contribution in [2.24, 2.45) is 5.92 Å². The zero-order valence-electron chi connectivity index (χ0n) is 15.9. The van der Waals surface area contributed by atoms with E-state index < -0.39 is 0 Å². The quantitative estimate of drug-likeness (QED) is 0.788. The molecule has 2 amide bonds. The number of anilines is 1. The average Bonchev–Trinajstić information content (AvgIpc) is 2.95. The van der Waals surface area contributed by atoms with Crippen molar-refractivity contribution < 1.29 is 9.59 Å². The number of benzene rings is 1. The van der Waals surface area contributed by atoms with Gasteiger partial charge in [0.1, 0.15) is 0 Å². The minimum atomic E-state index is -0.253. The molecule has 1 aromatic rings. The van der Waals surface area contributed by atoms with Crippen LogP contribution in [-0.4, -0.2) is 55.3 Å². The van der Waals surface area contributed by atoms with Crippen molar-refractivity contribution in [1.29, 1.82) is 0 Å². The molecule has 1 aromatic carbocycles. The van der Waals surface area contributed by atoms with Crippen LogP contribution < -0.4 is 5.32 Å². The van der Waals surface area contributed by atoms with Crippen LogP contribution in [0.15, 0.2) is 24.3 Å². The molecule has 5 nitrogen and oxygen atoms in total. The van der Waals surface area contributed by atoms with E-state index in [2.05, 4.69) is 30.1 Å². The number of carbonyl (C=O) groups is 2. The fourth-order valence-electron chi connectivity index (χ4n) is 3.24. The molecule has 5 heteroatoms. The molecule has 0 spiro atoms. The summed E-state index contributed by atoms with van der Waals surface area (Å²) in [6.45, 7) is 6.51. The molecule has 1 saturated heterocycles. The van der Waals surface area contributed by atoms with Crippen LogP contribution in [0.1, 0.15) is 44.6 Å². The number of hydrogen-bond donors (Lipinski definition) is 1. The van der Waals surface area contributed by atoms with Crippen LogP contribution in [0.4, 0.5) is 5.69 Å². The fourth-order valence-corrected chi connectivity index (χ4v) is 3.24. The summed E-state index contributed by atoms with van der Waals surface area (Å²) in [5.41, 5.74) is 2.03. The Morgan fingerprint density at radius 2 is 2.08 bits per heavy atom. The normalized spacial score (nSPS) is 18.7. The van der Waals surface area contributed by atoms with Crippen LogP contribution >= 0.6 is 0 Å². The number of likely N-dealkylation sites (tertiary alicyclic amines) is 1. The molecular formula is C20H31N3O2. The van der Waals surface area contributed by atoms with Gasteiger partial charge in [0, 0.05) is 25.2 Å². The van der Waals surface area contributed by atoms with Gasteiger partial charge in [-0.05, 0) is 51.0 Å². The Morgan fingerprint density at radius 1 is 1.36 bits per heavy atom. The lowest BCUT2D eigenvalue weighted by Crippen LogP contribution is -2.30. The summed E-state index contributed by atoms with van der Waals surface area (Å²) in [4.78, 5) is 28.8. The minimum Gasteiger partial charge on any atom is -0.342 e. The third-order valence-corrected chi connectivity index (χ3v) is 4.98. The molecule has 25 heavy (non-hydrogen) atoms. The van der Waals surface area contributed by atoms with Gasteiger partial charge in [0.15, 0.2) is 0 Å². The van der Waals surface area contributed by atoms with E-state index in [9.17, 15) is 9.59 Å². The van der Waals surface area contributed by atoms with Crippen LogP contribution in [0.2, 0.25) is 0 Å². The van der Waals surface area contributed by atoms with Crippen molar-refractivity contribution in [3.8, 4) is 0 Å². The average molecular weight is 345 g/mol. The van der Waals surface area contributed by atoms with Crippen LogP contribution in [0.25, 0.3) is 0 Å². The predicted octanol–water partition coefficient (Wildman–Crippen LogP) is 2.94. The topological polar surface area (TPSA) is 52.7 Å². The number of para-hydroxylation sites is 1. The molecule has 1 aliphatic rings. The van der Waals surface area contributed by atoms with E-state index in [0.29, 0.717) is 18.9 Å². The Hall–Kier alpha value is -1.88. The minimum absolute atomic E-state index is 0.0424. The standard InChI is InChI=1S/C20H31N3O2/c1-5-15(2)17-9-6-7-10-18(17)21-20(25)16-13-19(24)23(14-16)12-8-11-22(3)4/h6-7,9-10,15-16H,5,8,11-14H2,1-4H3,(H,21,25). The van der Waals surface area contributed by atoms with Gasteiger partial charge in [-0.3, -0.25) is 9.59 Å². The Bertz CT molecular complexity index is 600. The van der Waals surface area contributed by atoms with Gasteiger partial charge in [0.25, 0.3) is 0 Å². The highest BCUT2D eigenvalue weighted by Gasteiger charge is 2.34. The molecule has 0 saturated carbocycles. The van der Waals surface area contributed by atoms with E-state index in [4.69, 9.17) is 0 Å². The summed E-state index contributed by atoms with van der Waals surface area (Å²) >= 11 is 0. The fraction of sp³-hybridized carbons (Fsp3) is 0.600. The highest BCUT2D eigenvalue weighted by Crippen LogP contribution is 2.28. The summed E-state index contributed by atoms with van der Waals surface area (Å²) in [7, 11) is 4.05. The van der Waals surface area contributed by atoms with Gasteiger partial charge in [0.2, 0.25) is 11.8 Å². The lowest BCUT2D eigenvalue weighted by Gasteiger charge is -2.19. The molecule has 0 bridgehead atoms. The molecule has 0 radical (unpaired) electrons. The molecule has 138 valence electrons. The van der Waals surface area contributed by atoms with Gasteiger partial charge in [-0.15, -0.1) is 0 Å². The Morgan fingerprint density at radius 3 is 2.76 bits per heavy atom. The van der Waals surface area contributed by atoms with E-state index >= 15 is 0 Å². The first-order valence-electron chi connectivity index (χ1n) is 9.24. The molecule has 2 unspecified atom stereocenters. The van der Waals surface area contributed by atoms with Crippen LogP contribution in [0.5, 0.6) is 0 Å². The predicted molar refractivity (Wildman–Crippen MR) is 102 cm³/mol. The van der Waals surface area contributed by atoms with E-state index in [1.807, 2.05) is 37.2 Å². The van der Waals surface area contributed by atoms with Crippen molar-refractivity contribution in [1.82, 2.24) is 9.80 Å². The van der Waals surface area contributed by atoms with Crippen molar-refractivity contribution in [2.75, 3.05) is 39.0 Å². The molecule has 1 fully saturated rings. The van der Waals surface area contributed by atoms with Crippen molar-refractivity contribution in [3.05, 3.63) is 29.8 Å².